The molecule has 55 heavy (non-hydrogen) atoms. The Labute approximate surface area is 316 Å². The number of halogens is 1. The molecule has 0 radical (unpaired) electrons. The molecule has 3 aliphatic heterocycles. The van der Waals surface area contributed by atoms with Crippen LogP contribution in [0.4, 0.5) is 15.9 Å². The van der Waals surface area contributed by atoms with Crippen molar-refractivity contribution in [3.05, 3.63) is 95.2 Å². The van der Waals surface area contributed by atoms with Crippen LogP contribution >= 0.6 is 0 Å². The van der Waals surface area contributed by atoms with E-state index in [-0.39, 0.29) is 60.6 Å². The first kappa shape index (κ1) is 37.0. The van der Waals surface area contributed by atoms with Crippen LogP contribution in [-0.4, -0.2) is 104 Å². The summed E-state index contributed by atoms with van der Waals surface area (Å²) in [6.07, 6.45) is 4.03. The van der Waals surface area contributed by atoms with Crippen LogP contribution in [0, 0.1) is 5.82 Å². The monoisotopic (exact) mass is 751 g/mol. The van der Waals surface area contributed by atoms with Gasteiger partial charge < -0.3 is 30.5 Å². The smallest absolute Gasteiger partial charge is 0.264 e. The SMILES string of the molecule is C=C1CCC(N2C(=O)c3cccc(NCCCC(=O)N(C)CCN4C[C@H](C)Oc5ccc(F)cc5[C@@H](C)Nc5ccn6ncc(c6n5)C4=O)c3C2=O)C(=O)N1. The highest BCUT2D eigenvalue weighted by Crippen LogP contribution is 2.33. The van der Waals surface area contributed by atoms with Gasteiger partial charge in [0.2, 0.25) is 11.8 Å². The third-order valence-corrected chi connectivity index (χ3v) is 10.1. The lowest BCUT2D eigenvalue weighted by Crippen LogP contribution is -2.51. The van der Waals surface area contributed by atoms with Gasteiger partial charge in [-0.15, -0.1) is 0 Å². The first-order valence-corrected chi connectivity index (χ1v) is 18.2. The van der Waals surface area contributed by atoms with Gasteiger partial charge in [-0.05, 0) is 69.5 Å². The van der Waals surface area contributed by atoms with Crippen molar-refractivity contribution in [1.82, 2.24) is 34.6 Å². The lowest BCUT2D eigenvalue weighted by Gasteiger charge is -2.29. The van der Waals surface area contributed by atoms with Gasteiger partial charge in [-0.3, -0.25) is 28.9 Å². The van der Waals surface area contributed by atoms with Crippen LogP contribution in [0.5, 0.6) is 5.75 Å². The minimum atomic E-state index is -0.913. The maximum absolute atomic E-state index is 14.4. The third kappa shape index (κ3) is 7.43. The van der Waals surface area contributed by atoms with E-state index in [9.17, 15) is 28.4 Å². The zero-order valence-electron chi connectivity index (χ0n) is 30.8. The molecule has 5 heterocycles. The van der Waals surface area contributed by atoms with E-state index in [1.165, 1.54) is 22.8 Å². The van der Waals surface area contributed by atoms with E-state index in [1.54, 1.807) is 53.4 Å². The van der Waals surface area contributed by atoms with Crippen molar-refractivity contribution in [3.8, 4) is 5.75 Å². The van der Waals surface area contributed by atoms with Crippen molar-refractivity contribution in [1.29, 1.82) is 0 Å². The number of anilines is 2. The van der Waals surface area contributed by atoms with Crippen molar-refractivity contribution in [2.45, 2.75) is 57.7 Å². The van der Waals surface area contributed by atoms with E-state index in [2.05, 4.69) is 32.6 Å². The average Bonchev–Trinajstić information content (AvgIpc) is 3.69. The van der Waals surface area contributed by atoms with Gasteiger partial charge in [0.15, 0.2) is 5.65 Å². The summed E-state index contributed by atoms with van der Waals surface area (Å²) in [5.74, 6) is -1.43. The molecule has 2 bridgehead atoms. The number of fused-ring (bicyclic) bond motifs is 3. The number of piperidine rings is 1. The topological polar surface area (TPSA) is 171 Å². The summed E-state index contributed by atoms with van der Waals surface area (Å²) >= 11 is 0. The summed E-state index contributed by atoms with van der Waals surface area (Å²) in [5.41, 5.74) is 2.66. The molecule has 2 aromatic heterocycles. The van der Waals surface area contributed by atoms with Gasteiger partial charge in [0.25, 0.3) is 17.7 Å². The van der Waals surface area contributed by atoms with Gasteiger partial charge in [-0.2, -0.15) is 5.10 Å². The Bertz CT molecular complexity index is 2220. The van der Waals surface area contributed by atoms with Gasteiger partial charge in [0, 0.05) is 56.2 Å². The molecule has 4 aromatic rings. The second kappa shape index (κ2) is 15.2. The summed E-state index contributed by atoms with van der Waals surface area (Å²) in [6, 6.07) is 9.68. The molecule has 1 saturated heterocycles. The van der Waals surface area contributed by atoms with Crippen molar-refractivity contribution >= 4 is 46.7 Å². The zero-order chi connectivity index (χ0) is 39.0. The number of hydrogen-bond acceptors (Lipinski definition) is 10. The molecule has 3 atom stereocenters. The molecule has 0 saturated carbocycles. The molecule has 3 N–H and O–H groups in total. The first-order chi connectivity index (χ1) is 26.4. The predicted molar refractivity (Wildman–Crippen MR) is 200 cm³/mol. The summed E-state index contributed by atoms with van der Waals surface area (Å²) in [6.45, 7) is 8.38. The molecule has 16 heteroatoms. The molecule has 0 aliphatic carbocycles. The van der Waals surface area contributed by atoms with Gasteiger partial charge in [0.1, 0.15) is 35.1 Å². The van der Waals surface area contributed by atoms with Crippen LogP contribution in [0.3, 0.4) is 0 Å². The highest BCUT2D eigenvalue weighted by atomic mass is 19.1. The molecule has 0 spiro atoms. The number of likely N-dealkylation sites (N-methyl/N-ethyl adjacent to an activating group) is 1. The number of hydrogen-bond donors (Lipinski definition) is 3. The normalized spacial score (nSPS) is 19.9. The van der Waals surface area contributed by atoms with Crippen LogP contribution < -0.4 is 20.7 Å². The third-order valence-electron chi connectivity index (χ3n) is 10.1. The lowest BCUT2D eigenvalue weighted by molar-refractivity contribution is -0.130. The first-order valence-electron chi connectivity index (χ1n) is 18.2. The summed E-state index contributed by atoms with van der Waals surface area (Å²) < 4.78 is 22.2. The number of rotatable bonds is 9. The van der Waals surface area contributed by atoms with Crippen LogP contribution in [0.15, 0.2) is 67.1 Å². The number of imide groups is 1. The van der Waals surface area contributed by atoms with Crippen molar-refractivity contribution < 1.29 is 33.1 Å². The molecular weight excluding hydrogens is 709 g/mol. The maximum atomic E-state index is 14.4. The van der Waals surface area contributed by atoms with Gasteiger partial charge in [0.05, 0.1) is 29.9 Å². The van der Waals surface area contributed by atoms with Gasteiger partial charge >= 0.3 is 0 Å². The molecule has 3 aliphatic rings. The van der Waals surface area contributed by atoms with E-state index in [0.717, 1.165) is 4.90 Å². The Morgan fingerprint density at radius 2 is 1.91 bits per heavy atom. The number of allylic oxidation sites excluding steroid dienone is 1. The molecule has 1 unspecified atom stereocenters. The van der Waals surface area contributed by atoms with E-state index in [0.29, 0.717) is 60.0 Å². The molecule has 7 rings (SSSR count). The average molecular weight is 752 g/mol. The number of ether oxygens (including phenoxy) is 1. The maximum Gasteiger partial charge on any atom is 0.264 e. The number of nitrogens with one attached hydrogen (secondary N) is 3. The second-order valence-electron chi connectivity index (χ2n) is 14.1. The van der Waals surface area contributed by atoms with E-state index >= 15 is 0 Å². The molecule has 1 fully saturated rings. The summed E-state index contributed by atoms with van der Waals surface area (Å²) in [4.78, 5) is 75.4. The Hall–Kier alpha value is -6.32. The highest BCUT2D eigenvalue weighted by molar-refractivity contribution is 6.25. The number of carbonyl (C=O) groups excluding carboxylic acids is 5. The Morgan fingerprint density at radius 3 is 2.71 bits per heavy atom. The van der Waals surface area contributed by atoms with Crippen LogP contribution in [0.25, 0.3) is 5.65 Å². The fraction of sp³-hybridized carbons (Fsp3) is 0.359. The van der Waals surface area contributed by atoms with Crippen LogP contribution in [0.2, 0.25) is 0 Å². The largest absolute Gasteiger partial charge is 0.489 e. The summed E-state index contributed by atoms with van der Waals surface area (Å²) in [7, 11) is 1.67. The number of aromatic nitrogens is 3. The number of benzene rings is 2. The number of amides is 5. The van der Waals surface area contributed by atoms with Crippen LogP contribution in [0.1, 0.15) is 82.2 Å². The van der Waals surface area contributed by atoms with Gasteiger partial charge in [-0.25, -0.2) is 13.9 Å². The fourth-order valence-corrected chi connectivity index (χ4v) is 7.17. The minimum absolute atomic E-state index is 0.150. The summed E-state index contributed by atoms with van der Waals surface area (Å²) in [5, 5.41) is 13.4. The fourth-order valence-electron chi connectivity index (χ4n) is 7.17. The number of nitrogens with zero attached hydrogens (tertiary/aromatic N) is 6. The number of carbonyl (C=O) groups is 5. The van der Waals surface area contributed by atoms with E-state index in [1.807, 2.05) is 13.8 Å². The van der Waals surface area contributed by atoms with Crippen molar-refractivity contribution in [2.75, 3.05) is 43.9 Å². The Kier molecular flexibility index (Phi) is 10.2. The molecule has 2 aromatic carbocycles. The molecule has 286 valence electrons. The second-order valence-corrected chi connectivity index (χ2v) is 14.1. The zero-order valence-corrected chi connectivity index (χ0v) is 30.8. The van der Waals surface area contributed by atoms with Crippen molar-refractivity contribution in [2.24, 2.45) is 0 Å². The quantitative estimate of drug-likeness (QED) is 0.168. The lowest BCUT2D eigenvalue weighted by atomic mass is 10.0. The Morgan fingerprint density at radius 1 is 1.09 bits per heavy atom. The predicted octanol–water partition coefficient (Wildman–Crippen LogP) is 4.00. The van der Waals surface area contributed by atoms with Crippen LogP contribution in [-0.2, 0) is 9.59 Å². The van der Waals surface area contributed by atoms with E-state index < -0.39 is 35.7 Å². The molecule has 15 nitrogen and oxygen atoms in total. The molecule has 5 amide bonds. The van der Waals surface area contributed by atoms with Gasteiger partial charge in [-0.1, -0.05) is 12.6 Å². The van der Waals surface area contributed by atoms with E-state index in [4.69, 9.17) is 4.74 Å². The highest BCUT2D eigenvalue weighted by Gasteiger charge is 2.45. The Balaban J connectivity index is 0.986. The van der Waals surface area contributed by atoms with Crippen molar-refractivity contribution in [3.63, 3.8) is 0 Å². The standard InChI is InChI=1S/C39H42FN9O6/c1-22-10-12-30(36(51)43-22)49-38(53)26-7-5-8-29(34(26)39(49)54)41-15-6-9-33(50)46(4)17-18-47-21-23(2)55-31-13-11-25(40)19-27(31)24(3)44-32-14-16-48-35(45-32)28(20-42-48)37(47)52/h5,7-8,11,13-14,16,19-20,23-24,30,41H,1,6,9-10,12,15,17-18,21H2,2-4H3,(H,43,51)(H,44,45)/t23-,24+,30?/m0/s1. The molecular formula is C39H42FN9O6. The minimum Gasteiger partial charge on any atom is -0.489 e.